The minimum atomic E-state index is -0.282. The van der Waals surface area contributed by atoms with Crippen molar-refractivity contribution in [1.29, 1.82) is 0 Å². The van der Waals surface area contributed by atoms with Gasteiger partial charge in [0, 0.05) is 20.9 Å². The van der Waals surface area contributed by atoms with Crippen LogP contribution in [0.3, 0.4) is 0 Å². The van der Waals surface area contributed by atoms with E-state index < -0.39 is 0 Å². The number of piperidine rings is 1. The van der Waals surface area contributed by atoms with Crippen LogP contribution >= 0.6 is 15.9 Å². The molecule has 1 aliphatic heterocycles. The van der Waals surface area contributed by atoms with E-state index in [0.29, 0.717) is 12.2 Å². The molecule has 28 heavy (non-hydrogen) atoms. The number of benzene rings is 2. The van der Waals surface area contributed by atoms with E-state index >= 15 is 0 Å². The van der Waals surface area contributed by atoms with E-state index in [1.54, 1.807) is 0 Å². The van der Waals surface area contributed by atoms with Crippen molar-refractivity contribution in [3.63, 3.8) is 0 Å². The van der Waals surface area contributed by atoms with Gasteiger partial charge in [0.25, 0.3) is 11.5 Å². The molecule has 0 bridgehead atoms. The van der Waals surface area contributed by atoms with Gasteiger partial charge in [0.2, 0.25) is 0 Å². The number of hydrogen-bond acceptors (Lipinski definition) is 2. The molecule has 1 aliphatic rings. The van der Waals surface area contributed by atoms with Crippen molar-refractivity contribution < 1.29 is 9.69 Å². The normalized spacial score (nSPS) is 14.9. The first-order chi connectivity index (χ1) is 13.6. The molecule has 5 nitrogen and oxygen atoms in total. The van der Waals surface area contributed by atoms with Gasteiger partial charge in [-0.05, 0) is 43.0 Å². The zero-order chi connectivity index (χ0) is 19.5. The van der Waals surface area contributed by atoms with Gasteiger partial charge in [-0.15, -0.1) is 0 Å². The van der Waals surface area contributed by atoms with Crippen molar-refractivity contribution in [2.24, 2.45) is 0 Å². The molecule has 3 aromatic rings. The molecule has 4 rings (SSSR count). The van der Waals surface area contributed by atoms with Gasteiger partial charge >= 0.3 is 0 Å². The Balaban J connectivity index is 1.77. The molecule has 0 saturated carbocycles. The standard InChI is InChI=1S/C22H22BrN3O2/c23-16-9-10-18-17(13-16)20(15-7-3-1-4-8-15)21(22(28)24-18)25-19(27)14-26-11-5-2-6-12-26/h1,3-4,7-10,13H,2,5-6,11-12,14H2,(H,24,28)(H,25,27)/p+1. The van der Waals surface area contributed by atoms with Gasteiger partial charge in [-0.25, -0.2) is 0 Å². The Morgan fingerprint density at radius 1 is 1.07 bits per heavy atom. The number of halogens is 1. The highest BCUT2D eigenvalue weighted by Gasteiger charge is 2.21. The molecule has 1 aromatic heterocycles. The Morgan fingerprint density at radius 3 is 2.57 bits per heavy atom. The summed E-state index contributed by atoms with van der Waals surface area (Å²) in [5.74, 6) is -0.117. The van der Waals surface area contributed by atoms with Gasteiger partial charge in [0.1, 0.15) is 5.69 Å². The maximum atomic E-state index is 12.9. The zero-order valence-corrected chi connectivity index (χ0v) is 17.1. The fourth-order valence-corrected chi connectivity index (χ4v) is 4.29. The highest BCUT2D eigenvalue weighted by Crippen LogP contribution is 2.33. The fraction of sp³-hybridized carbons (Fsp3) is 0.273. The van der Waals surface area contributed by atoms with Crippen LogP contribution in [0.5, 0.6) is 0 Å². The lowest BCUT2D eigenvalue weighted by molar-refractivity contribution is -0.896. The summed E-state index contributed by atoms with van der Waals surface area (Å²) in [6.07, 6.45) is 3.55. The monoisotopic (exact) mass is 440 g/mol. The first-order valence-electron chi connectivity index (χ1n) is 9.66. The maximum absolute atomic E-state index is 12.9. The predicted octanol–water partition coefficient (Wildman–Crippen LogP) is 2.96. The number of carbonyl (C=O) groups excluding carboxylic acids is 1. The number of H-pyrrole nitrogens is 1. The van der Waals surface area contributed by atoms with Gasteiger partial charge < -0.3 is 15.2 Å². The Kier molecular flexibility index (Phi) is 5.59. The summed E-state index contributed by atoms with van der Waals surface area (Å²) in [5.41, 5.74) is 2.43. The largest absolute Gasteiger partial charge is 0.327 e. The molecular weight excluding hydrogens is 418 g/mol. The molecule has 1 amide bonds. The fourth-order valence-electron chi connectivity index (χ4n) is 3.93. The Bertz CT molecular complexity index is 1060. The molecular formula is C22H23BrN3O2+. The van der Waals surface area contributed by atoms with Crippen molar-refractivity contribution >= 4 is 38.4 Å². The van der Waals surface area contributed by atoms with Crippen LogP contribution in [0.25, 0.3) is 22.0 Å². The number of carbonyl (C=O) groups is 1. The third-order valence-electron chi connectivity index (χ3n) is 5.27. The summed E-state index contributed by atoms with van der Waals surface area (Å²) >= 11 is 3.52. The summed E-state index contributed by atoms with van der Waals surface area (Å²) in [6.45, 7) is 2.42. The minimum Gasteiger partial charge on any atom is -0.327 e. The molecule has 1 saturated heterocycles. The number of quaternary nitrogens is 1. The molecule has 1 fully saturated rings. The van der Waals surface area contributed by atoms with Crippen LogP contribution in [0.2, 0.25) is 0 Å². The predicted molar refractivity (Wildman–Crippen MR) is 116 cm³/mol. The average molecular weight is 441 g/mol. The molecule has 3 N–H and O–H groups in total. The second kappa shape index (κ2) is 8.29. The van der Waals surface area contributed by atoms with Crippen LogP contribution in [0.4, 0.5) is 5.69 Å². The third kappa shape index (κ3) is 4.03. The molecule has 0 unspecified atom stereocenters. The first-order valence-corrected chi connectivity index (χ1v) is 10.5. The number of rotatable bonds is 4. The van der Waals surface area contributed by atoms with E-state index in [9.17, 15) is 9.59 Å². The SMILES string of the molecule is O=C(C[NH+]1CCCCC1)Nc1c(-c2ccccc2)c2cc(Br)ccc2[nH]c1=O. The van der Waals surface area contributed by atoms with E-state index in [1.807, 2.05) is 48.5 Å². The van der Waals surface area contributed by atoms with Gasteiger partial charge in [0.15, 0.2) is 6.54 Å². The second-order valence-corrected chi connectivity index (χ2v) is 8.21. The van der Waals surface area contributed by atoms with E-state index in [2.05, 4.69) is 26.2 Å². The lowest BCUT2D eigenvalue weighted by Crippen LogP contribution is -3.13. The van der Waals surface area contributed by atoms with Crippen LogP contribution in [-0.2, 0) is 4.79 Å². The van der Waals surface area contributed by atoms with Crippen molar-refractivity contribution in [1.82, 2.24) is 4.98 Å². The van der Waals surface area contributed by atoms with Gasteiger partial charge in [-0.1, -0.05) is 46.3 Å². The molecule has 144 valence electrons. The van der Waals surface area contributed by atoms with Crippen LogP contribution in [0.15, 0.2) is 57.8 Å². The topological polar surface area (TPSA) is 66.4 Å². The first kappa shape index (κ1) is 18.9. The second-order valence-electron chi connectivity index (χ2n) is 7.30. The van der Waals surface area contributed by atoms with Gasteiger partial charge in [-0.3, -0.25) is 9.59 Å². The maximum Gasteiger partial charge on any atom is 0.279 e. The summed E-state index contributed by atoms with van der Waals surface area (Å²) < 4.78 is 0.916. The molecule has 0 aliphatic carbocycles. The van der Waals surface area contributed by atoms with Gasteiger partial charge in [-0.2, -0.15) is 0 Å². The third-order valence-corrected chi connectivity index (χ3v) is 5.77. The smallest absolute Gasteiger partial charge is 0.279 e. The van der Waals surface area contributed by atoms with Crippen molar-refractivity contribution in [3.05, 3.63) is 63.4 Å². The summed E-state index contributed by atoms with van der Waals surface area (Å²) in [5, 5.41) is 3.81. The highest BCUT2D eigenvalue weighted by atomic mass is 79.9. The van der Waals surface area contributed by atoms with Crippen molar-refractivity contribution in [3.8, 4) is 11.1 Å². The quantitative estimate of drug-likeness (QED) is 0.583. The molecule has 2 aromatic carbocycles. The zero-order valence-electron chi connectivity index (χ0n) is 15.6. The van der Waals surface area contributed by atoms with Crippen LogP contribution < -0.4 is 15.8 Å². The van der Waals surface area contributed by atoms with Gasteiger partial charge in [0.05, 0.1) is 13.1 Å². The van der Waals surface area contributed by atoms with E-state index in [-0.39, 0.29) is 11.5 Å². The number of aromatic nitrogens is 1. The Hall–Kier alpha value is -2.44. The number of aromatic amines is 1. The van der Waals surface area contributed by atoms with E-state index in [0.717, 1.165) is 52.4 Å². The number of anilines is 1. The minimum absolute atomic E-state index is 0.117. The number of hydrogen-bond donors (Lipinski definition) is 3. The van der Waals surface area contributed by atoms with Crippen LogP contribution in [-0.4, -0.2) is 30.5 Å². The van der Waals surface area contributed by atoms with Crippen molar-refractivity contribution in [2.45, 2.75) is 19.3 Å². The molecule has 0 radical (unpaired) electrons. The Labute approximate surface area is 171 Å². The molecule has 6 heteroatoms. The lowest BCUT2D eigenvalue weighted by atomic mass is 9.99. The van der Waals surface area contributed by atoms with Crippen molar-refractivity contribution in [2.75, 3.05) is 25.0 Å². The van der Waals surface area contributed by atoms with E-state index in [4.69, 9.17) is 0 Å². The molecule has 0 atom stereocenters. The van der Waals surface area contributed by atoms with Crippen LogP contribution in [0, 0.1) is 0 Å². The summed E-state index contributed by atoms with van der Waals surface area (Å²) in [7, 11) is 0. The average Bonchev–Trinajstić information content (AvgIpc) is 2.70. The summed E-state index contributed by atoms with van der Waals surface area (Å²) in [6, 6.07) is 15.5. The highest BCUT2D eigenvalue weighted by molar-refractivity contribution is 9.10. The molecule has 0 spiro atoms. The van der Waals surface area contributed by atoms with E-state index in [1.165, 1.54) is 11.3 Å². The lowest BCUT2D eigenvalue weighted by Gasteiger charge is -2.23. The number of fused-ring (bicyclic) bond motifs is 1. The molecule has 2 heterocycles. The Morgan fingerprint density at radius 2 is 1.82 bits per heavy atom. The number of amides is 1. The number of likely N-dealkylation sites (tertiary alicyclic amines) is 1. The number of nitrogens with one attached hydrogen (secondary N) is 3. The van der Waals surface area contributed by atoms with Crippen LogP contribution in [0.1, 0.15) is 19.3 Å². The number of pyridine rings is 1. The summed E-state index contributed by atoms with van der Waals surface area (Å²) in [4.78, 5) is 29.8.